The minimum atomic E-state index is -4.82. The average Bonchev–Trinajstić information content (AvgIpc) is 3.37. The van der Waals surface area contributed by atoms with Crippen molar-refractivity contribution in [3.05, 3.63) is 84.4 Å². The summed E-state index contributed by atoms with van der Waals surface area (Å²) in [5.74, 6) is -1.35. The summed E-state index contributed by atoms with van der Waals surface area (Å²) in [7, 11) is -1.73. The second-order valence-electron chi connectivity index (χ2n) is 9.54. The Morgan fingerprint density at radius 2 is 1.50 bits per heavy atom. The molecular weight excluding hydrogens is 543 g/mol. The molecule has 0 aliphatic carbocycles. The monoisotopic (exact) mass is 569 g/mol. The van der Waals surface area contributed by atoms with Crippen molar-refractivity contribution in [3.8, 4) is 22.4 Å². The molecule has 5 rings (SSSR count). The molecule has 0 spiro atoms. The molecule has 12 heteroatoms. The van der Waals surface area contributed by atoms with Gasteiger partial charge in [-0.1, -0.05) is 42.5 Å². The van der Waals surface area contributed by atoms with Gasteiger partial charge < -0.3 is 14.4 Å². The molecule has 1 fully saturated rings. The molecule has 1 amide bonds. The van der Waals surface area contributed by atoms with E-state index in [2.05, 4.69) is 9.97 Å². The highest BCUT2D eigenvalue weighted by molar-refractivity contribution is 7.90. The highest BCUT2D eigenvalue weighted by atomic mass is 32.2. The van der Waals surface area contributed by atoms with Crippen molar-refractivity contribution in [3.63, 3.8) is 0 Å². The van der Waals surface area contributed by atoms with Crippen molar-refractivity contribution in [2.45, 2.75) is 11.1 Å². The van der Waals surface area contributed by atoms with Crippen LogP contribution in [0.1, 0.15) is 16.3 Å². The van der Waals surface area contributed by atoms with E-state index in [-0.39, 0.29) is 35.4 Å². The van der Waals surface area contributed by atoms with Gasteiger partial charge in [-0.15, -0.1) is 0 Å². The van der Waals surface area contributed by atoms with Crippen molar-refractivity contribution >= 4 is 21.6 Å². The second-order valence-corrected chi connectivity index (χ2v) is 11.6. The smallest absolute Gasteiger partial charge is 0.352 e. The lowest BCUT2D eigenvalue weighted by atomic mass is 9.98. The van der Waals surface area contributed by atoms with E-state index in [1.54, 1.807) is 70.1 Å². The number of hydrogen-bond donors (Lipinski definition) is 0. The van der Waals surface area contributed by atoms with Crippen molar-refractivity contribution in [1.82, 2.24) is 19.4 Å². The quantitative estimate of drug-likeness (QED) is 0.351. The highest BCUT2D eigenvalue weighted by Gasteiger charge is 2.38. The van der Waals surface area contributed by atoms with Gasteiger partial charge in [-0.2, -0.15) is 13.2 Å². The van der Waals surface area contributed by atoms with Crippen LogP contribution < -0.4 is 4.90 Å². The minimum Gasteiger partial charge on any atom is -0.352 e. The lowest BCUT2D eigenvalue weighted by Gasteiger charge is -2.36. The van der Waals surface area contributed by atoms with Crippen LogP contribution >= 0.6 is 0 Å². The fraction of sp³-hybridized carbons (Fsp3) is 0.250. The molecule has 0 radical (unpaired) electrons. The average molecular weight is 570 g/mol. The number of aryl methyl sites for hydroxylation is 1. The zero-order valence-corrected chi connectivity index (χ0v) is 22.6. The summed E-state index contributed by atoms with van der Waals surface area (Å²) in [6, 6.07) is 18.0. The normalized spacial score (nSPS) is 14.4. The van der Waals surface area contributed by atoms with Gasteiger partial charge in [-0.25, -0.2) is 18.4 Å². The summed E-state index contributed by atoms with van der Waals surface area (Å²) in [4.78, 5) is 24.4. The number of anilines is 1. The number of amides is 1. The molecule has 40 heavy (non-hydrogen) atoms. The van der Waals surface area contributed by atoms with E-state index in [1.165, 1.54) is 24.3 Å². The lowest BCUT2D eigenvalue weighted by molar-refractivity contribution is -0.144. The third-order valence-electron chi connectivity index (χ3n) is 6.79. The van der Waals surface area contributed by atoms with Gasteiger partial charge in [0, 0.05) is 51.2 Å². The van der Waals surface area contributed by atoms with E-state index < -0.39 is 21.8 Å². The van der Waals surface area contributed by atoms with Gasteiger partial charge in [-0.3, -0.25) is 4.79 Å². The maximum atomic E-state index is 14.1. The van der Waals surface area contributed by atoms with Crippen LogP contribution in [-0.4, -0.2) is 66.2 Å². The standard InChI is InChI=1S/C28H26F3N5O3S/c1-34-14-6-9-22(34)26(37)36-17-15-35(16-18-36)25-23(19-7-4-3-5-8-19)24(32-27(33-25)28(29,30)31)20-10-12-21(13-11-20)40(2,38)39/h3-14H,15-18H2,1-2H3. The molecule has 2 aromatic carbocycles. The predicted molar refractivity (Wildman–Crippen MR) is 145 cm³/mol. The van der Waals surface area contributed by atoms with E-state index in [1.807, 2.05) is 0 Å². The maximum absolute atomic E-state index is 14.1. The minimum absolute atomic E-state index is 0.0332. The lowest BCUT2D eigenvalue weighted by Crippen LogP contribution is -2.49. The summed E-state index contributed by atoms with van der Waals surface area (Å²) < 4.78 is 67.9. The van der Waals surface area contributed by atoms with Gasteiger partial charge in [0.05, 0.1) is 16.2 Å². The Balaban J connectivity index is 1.60. The number of alkyl halides is 3. The second kappa shape index (κ2) is 10.4. The number of carbonyl (C=O) groups is 1. The molecule has 1 aliphatic heterocycles. The summed E-state index contributed by atoms with van der Waals surface area (Å²) in [6.45, 7) is 1.11. The zero-order chi connectivity index (χ0) is 28.7. The maximum Gasteiger partial charge on any atom is 0.451 e. The van der Waals surface area contributed by atoms with Gasteiger partial charge in [0.15, 0.2) is 9.84 Å². The first-order chi connectivity index (χ1) is 18.9. The van der Waals surface area contributed by atoms with Crippen LogP contribution in [0.5, 0.6) is 0 Å². The van der Waals surface area contributed by atoms with Crippen LogP contribution in [0.25, 0.3) is 22.4 Å². The SMILES string of the molecule is Cn1cccc1C(=O)N1CCN(c2nc(C(F)(F)F)nc(-c3ccc(S(C)(=O)=O)cc3)c2-c2ccccc2)CC1. The Labute approximate surface area is 229 Å². The number of carbonyl (C=O) groups excluding carboxylic acids is 1. The third-order valence-corrected chi connectivity index (χ3v) is 7.92. The Morgan fingerprint density at radius 3 is 2.05 bits per heavy atom. The molecule has 0 N–H and O–H groups in total. The van der Waals surface area contributed by atoms with Crippen molar-refractivity contribution < 1.29 is 26.4 Å². The third kappa shape index (κ3) is 5.44. The molecule has 2 aromatic heterocycles. The van der Waals surface area contributed by atoms with Crippen LogP contribution in [0.3, 0.4) is 0 Å². The van der Waals surface area contributed by atoms with Crippen LogP contribution in [-0.2, 0) is 23.1 Å². The first-order valence-corrected chi connectivity index (χ1v) is 14.3. The largest absolute Gasteiger partial charge is 0.451 e. The van der Waals surface area contributed by atoms with Crippen LogP contribution in [0.4, 0.5) is 19.0 Å². The first-order valence-electron chi connectivity index (χ1n) is 12.4. The number of nitrogens with zero attached hydrogens (tertiary/aromatic N) is 5. The number of piperazine rings is 1. The molecule has 0 unspecified atom stereocenters. The Bertz CT molecular complexity index is 1640. The van der Waals surface area contributed by atoms with Crippen molar-refractivity contribution in [1.29, 1.82) is 0 Å². The molecule has 0 atom stereocenters. The topological polar surface area (TPSA) is 88.4 Å². The van der Waals surface area contributed by atoms with Gasteiger partial charge in [0.25, 0.3) is 5.91 Å². The molecule has 1 aliphatic rings. The van der Waals surface area contributed by atoms with E-state index in [9.17, 15) is 26.4 Å². The van der Waals surface area contributed by atoms with Gasteiger partial charge in [-0.05, 0) is 29.8 Å². The van der Waals surface area contributed by atoms with Crippen molar-refractivity contribution in [2.75, 3.05) is 37.3 Å². The number of halogens is 3. The molecular formula is C28H26F3N5O3S. The molecule has 0 saturated carbocycles. The Hall–Kier alpha value is -4.19. The molecule has 3 heterocycles. The van der Waals surface area contributed by atoms with Crippen LogP contribution in [0.2, 0.25) is 0 Å². The summed E-state index contributed by atoms with van der Waals surface area (Å²) in [5.41, 5.74) is 1.88. The van der Waals surface area contributed by atoms with Gasteiger partial charge >= 0.3 is 6.18 Å². The number of aromatic nitrogens is 3. The summed E-state index contributed by atoms with van der Waals surface area (Å²) >= 11 is 0. The molecule has 4 aromatic rings. The number of hydrogen-bond acceptors (Lipinski definition) is 6. The summed E-state index contributed by atoms with van der Waals surface area (Å²) in [5, 5.41) is 0. The van der Waals surface area contributed by atoms with E-state index in [4.69, 9.17) is 0 Å². The fourth-order valence-electron chi connectivity index (χ4n) is 4.71. The van der Waals surface area contributed by atoms with Crippen LogP contribution in [0, 0.1) is 0 Å². The number of benzene rings is 2. The molecule has 1 saturated heterocycles. The van der Waals surface area contributed by atoms with E-state index >= 15 is 0 Å². The fourth-order valence-corrected chi connectivity index (χ4v) is 5.34. The van der Waals surface area contributed by atoms with Gasteiger partial charge in [0.2, 0.25) is 5.82 Å². The first kappa shape index (κ1) is 27.4. The number of rotatable bonds is 5. The van der Waals surface area contributed by atoms with E-state index in [0.29, 0.717) is 35.5 Å². The molecule has 208 valence electrons. The van der Waals surface area contributed by atoms with E-state index in [0.717, 1.165) is 6.26 Å². The van der Waals surface area contributed by atoms with Crippen LogP contribution in [0.15, 0.2) is 77.8 Å². The Kier molecular flexibility index (Phi) is 7.13. The zero-order valence-electron chi connectivity index (χ0n) is 21.8. The molecule has 0 bridgehead atoms. The number of sulfone groups is 1. The Morgan fingerprint density at radius 1 is 0.850 bits per heavy atom. The van der Waals surface area contributed by atoms with Crippen molar-refractivity contribution in [2.24, 2.45) is 7.05 Å². The van der Waals surface area contributed by atoms with Gasteiger partial charge in [0.1, 0.15) is 11.5 Å². The highest BCUT2D eigenvalue weighted by Crippen LogP contribution is 2.40. The predicted octanol–water partition coefficient (Wildman–Crippen LogP) is 4.53. The summed E-state index contributed by atoms with van der Waals surface area (Å²) in [6.07, 6.45) is -1.99. The molecule has 8 nitrogen and oxygen atoms in total.